The van der Waals surface area contributed by atoms with Crippen molar-refractivity contribution in [3.8, 4) is 51.6 Å². The van der Waals surface area contributed by atoms with E-state index in [1.54, 1.807) is 0 Å². The third-order valence-electron chi connectivity index (χ3n) is 12.4. The van der Waals surface area contributed by atoms with Crippen LogP contribution in [-0.4, -0.2) is 172 Å². The van der Waals surface area contributed by atoms with Crippen molar-refractivity contribution in [3.63, 3.8) is 0 Å². The quantitative estimate of drug-likeness (QED) is 0.0421. The van der Waals surface area contributed by atoms with Crippen molar-refractivity contribution in [2.75, 3.05) is 6.61 Å². The Morgan fingerprint density at radius 1 is 0.560 bits per heavy atom. The fraction of sp³-hybridized carbons (Fsp3) is 0.353. The number of benzene rings is 4. The highest BCUT2D eigenvalue weighted by Crippen LogP contribution is 2.41. The predicted molar refractivity (Wildman–Crippen MR) is 253 cm³/mol. The molecule has 0 saturated carbocycles. The van der Waals surface area contributed by atoms with Crippen molar-refractivity contribution >= 4 is 35.1 Å². The van der Waals surface area contributed by atoms with Crippen LogP contribution < -0.4 is 10.2 Å². The van der Waals surface area contributed by atoms with Gasteiger partial charge in [-0.15, -0.1) is 0 Å². The molecule has 0 radical (unpaired) electrons. The zero-order valence-electron chi connectivity index (χ0n) is 39.4. The number of aliphatic hydroxyl groups is 6. The lowest BCUT2D eigenvalue weighted by Gasteiger charge is -2.47. The third-order valence-corrected chi connectivity index (χ3v) is 12.4. The highest BCUT2D eigenvalue weighted by Gasteiger charge is 2.55. The molecule has 4 heterocycles. The predicted octanol–water partition coefficient (Wildman–Crippen LogP) is 1.10. The van der Waals surface area contributed by atoms with Gasteiger partial charge < -0.3 is 104 Å². The molecule has 3 saturated heterocycles. The van der Waals surface area contributed by atoms with Crippen LogP contribution in [0.2, 0.25) is 0 Å². The molecule has 0 aliphatic carbocycles. The summed E-state index contributed by atoms with van der Waals surface area (Å²) in [6.45, 7) is 1.89. The zero-order valence-corrected chi connectivity index (χ0v) is 39.4. The molecule has 4 aromatic carbocycles. The number of fused-ring (bicyclic) bond motifs is 1. The van der Waals surface area contributed by atoms with E-state index in [2.05, 4.69) is 0 Å². The van der Waals surface area contributed by atoms with Gasteiger partial charge in [-0.3, -0.25) is 4.79 Å². The van der Waals surface area contributed by atoms with Gasteiger partial charge in [0.05, 0.1) is 18.8 Å². The highest BCUT2D eigenvalue weighted by atomic mass is 16.8. The molecule has 15 atom stereocenters. The first kappa shape index (κ1) is 53.9. The Morgan fingerprint density at radius 3 is 1.76 bits per heavy atom. The Hall–Kier alpha value is -7.33. The average molecular weight is 1050 g/mol. The smallest absolute Gasteiger partial charge is 0.331 e. The molecule has 24 nitrogen and oxygen atoms in total. The molecule has 0 unspecified atom stereocenters. The first-order chi connectivity index (χ1) is 35.7. The summed E-state index contributed by atoms with van der Waals surface area (Å²) in [5.74, 6) is -6.34. The van der Waals surface area contributed by atoms with Crippen molar-refractivity contribution < 1.29 is 113 Å². The Kier molecular flexibility index (Phi) is 16.3. The minimum absolute atomic E-state index is 0.0183. The lowest BCUT2D eigenvalue weighted by Crippen LogP contribution is -2.66. The van der Waals surface area contributed by atoms with Gasteiger partial charge in [0.15, 0.2) is 48.2 Å². The molecule has 3 aliphatic heterocycles. The van der Waals surface area contributed by atoms with Crippen LogP contribution in [-0.2, 0) is 42.7 Å². The van der Waals surface area contributed by atoms with E-state index in [0.717, 1.165) is 36.4 Å². The van der Waals surface area contributed by atoms with Gasteiger partial charge in [0.1, 0.15) is 76.7 Å². The first-order valence-corrected chi connectivity index (χ1v) is 23.1. The summed E-state index contributed by atoms with van der Waals surface area (Å²) < 4.78 is 53.3. The summed E-state index contributed by atoms with van der Waals surface area (Å²) in [5.41, 5.74) is -0.869. The number of carbonyl (C=O) groups is 2. The van der Waals surface area contributed by atoms with Crippen LogP contribution in [0.1, 0.15) is 25.0 Å². The van der Waals surface area contributed by atoms with Gasteiger partial charge in [0.2, 0.25) is 17.5 Å². The molecule has 1 aromatic heterocycles. The number of hydrogen-bond donors (Lipinski definition) is 12. The molecular formula is C51H52O24. The van der Waals surface area contributed by atoms with Crippen molar-refractivity contribution in [2.24, 2.45) is 0 Å². The molecule has 24 heteroatoms. The SMILES string of the molecule is C[C@@H]1O[C@@H](OC[C@H]2O[C@@H](Oc3c(-c4ccc(O)c(O)c4)oc4cc(O)cc(O)c4c3=O)[C@H](O[C@@H]3O[C@@H](C)[C@H](OC(=O)C=Cc4ccc(O)cc4)[C@@H](O)[C@H]3O)[C@@H](OC(=O)C=Cc3ccc(O)cc3)[C@@H]2O)[C@H](O)[C@H](O)[C@H]1O. The fourth-order valence-corrected chi connectivity index (χ4v) is 8.37. The highest BCUT2D eigenvalue weighted by molar-refractivity contribution is 5.89. The second-order valence-corrected chi connectivity index (χ2v) is 17.7. The van der Waals surface area contributed by atoms with E-state index in [-0.39, 0.29) is 17.1 Å². The molecule has 3 fully saturated rings. The third kappa shape index (κ3) is 12.0. The van der Waals surface area contributed by atoms with Crippen LogP contribution in [0.15, 0.2) is 100 Å². The normalized spacial score (nSPS) is 30.1. The largest absolute Gasteiger partial charge is 0.508 e. The van der Waals surface area contributed by atoms with Crippen molar-refractivity contribution in [1.82, 2.24) is 0 Å². The molecular weight excluding hydrogens is 997 g/mol. The molecule has 8 rings (SSSR count). The summed E-state index contributed by atoms with van der Waals surface area (Å²) in [6.07, 6.45) is -22.6. The van der Waals surface area contributed by atoms with Crippen LogP contribution in [0.3, 0.4) is 0 Å². The van der Waals surface area contributed by atoms with E-state index in [0.29, 0.717) is 11.1 Å². The monoisotopic (exact) mass is 1050 g/mol. The van der Waals surface area contributed by atoms with Crippen molar-refractivity contribution in [3.05, 3.63) is 112 Å². The van der Waals surface area contributed by atoms with Gasteiger partial charge in [-0.2, -0.15) is 0 Å². The van der Waals surface area contributed by atoms with E-state index in [1.807, 2.05) is 0 Å². The second kappa shape index (κ2) is 22.6. The molecule has 0 bridgehead atoms. The summed E-state index contributed by atoms with van der Waals surface area (Å²) in [4.78, 5) is 41.4. The molecule has 3 aliphatic rings. The minimum Gasteiger partial charge on any atom is -0.508 e. The number of esters is 2. The van der Waals surface area contributed by atoms with Gasteiger partial charge in [-0.05, 0) is 79.6 Å². The lowest BCUT2D eigenvalue weighted by molar-refractivity contribution is -0.360. The maximum Gasteiger partial charge on any atom is 0.331 e. The Bertz CT molecular complexity index is 2960. The summed E-state index contributed by atoms with van der Waals surface area (Å²) in [7, 11) is 0. The number of rotatable bonds is 14. The summed E-state index contributed by atoms with van der Waals surface area (Å²) in [6, 6.07) is 16.3. The Labute approximate surface area is 423 Å². The van der Waals surface area contributed by atoms with Crippen LogP contribution in [0.25, 0.3) is 34.4 Å². The topological polar surface area (TPSA) is 381 Å². The van der Waals surface area contributed by atoms with Gasteiger partial charge in [-0.1, -0.05) is 24.3 Å². The molecule has 12 N–H and O–H groups in total. The Balaban J connectivity index is 1.19. The van der Waals surface area contributed by atoms with E-state index < -0.39 is 162 Å². The number of aromatic hydroxyl groups is 6. The van der Waals surface area contributed by atoms with Crippen LogP contribution in [0.4, 0.5) is 0 Å². The average Bonchev–Trinajstić information content (AvgIpc) is 3.37. The van der Waals surface area contributed by atoms with E-state index in [1.165, 1.54) is 80.6 Å². The van der Waals surface area contributed by atoms with Crippen molar-refractivity contribution in [1.29, 1.82) is 0 Å². The minimum atomic E-state index is -2.20. The molecule has 400 valence electrons. The standard InChI is InChI=1S/C51H52O24/c1-21-37(60)40(63)42(65)49(68-21)67-20-33-38(61)46(73-35(59)16-8-24-5-12-27(53)13-6-24)48(75-50-43(66)41(64)44(22(2)69-50)72-34(58)15-7-23-3-10-26(52)11-4-23)51(71-33)74-47-39(62)36-31(57)18-28(54)19-32(36)70-45(47)25-9-14-29(55)30(56)17-25/h3-19,21-22,33,37-38,40-44,46,48-57,60-61,63-66H,20H2,1-2H3/t21-,22-,33+,37-,38+,40+,41-,42+,43+,44-,46-,48+,49+,50-,51-/m0/s1. The Morgan fingerprint density at radius 2 is 1.15 bits per heavy atom. The van der Waals surface area contributed by atoms with Gasteiger partial charge in [0.25, 0.3) is 0 Å². The lowest BCUT2D eigenvalue weighted by atomic mass is 9.96. The molecule has 75 heavy (non-hydrogen) atoms. The first-order valence-electron chi connectivity index (χ1n) is 23.1. The molecule has 5 aromatic rings. The van der Waals surface area contributed by atoms with E-state index in [4.69, 9.17) is 42.3 Å². The fourth-order valence-electron chi connectivity index (χ4n) is 8.37. The number of phenolic OH excluding ortho intramolecular Hbond substituents is 6. The van der Waals surface area contributed by atoms with Crippen molar-refractivity contribution in [2.45, 2.75) is 106 Å². The number of carbonyl (C=O) groups excluding carboxylic acids is 2. The van der Waals surface area contributed by atoms with E-state index >= 15 is 0 Å². The summed E-state index contributed by atoms with van der Waals surface area (Å²) >= 11 is 0. The zero-order chi connectivity index (χ0) is 54.0. The van der Waals surface area contributed by atoms with Crippen LogP contribution in [0, 0.1) is 0 Å². The number of hydrogen-bond acceptors (Lipinski definition) is 24. The number of ether oxygens (including phenoxy) is 8. The van der Waals surface area contributed by atoms with Gasteiger partial charge in [0, 0.05) is 29.8 Å². The second-order valence-electron chi connectivity index (χ2n) is 17.7. The van der Waals surface area contributed by atoms with Crippen LogP contribution >= 0.6 is 0 Å². The maximum absolute atomic E-state index is 14.6. The molecule has 0 amide bonds. The van der Waals surface area contributed by atoms with Gasteiger partial charge >= 0.3 is 11.9 Å². The van der Waals surface area contributed by atoms with E-state index in [9.17, 15) is 75.7 Å². The van der Waals surface area contributed by atoms with Gasteiger partial charge in [-0.25, -0.2) is 9.59 Å². The number of aliphatic hydroxyl groups excluding tert-OH is 6. The molecule has 0 spiro atoms. The summed E-state index contributed by atoms with van der Waals surface area (Å²) in [5, 5.41) is 128. The van der Waals surface area contributed by atoms with Crippen LogP contribution in [0.5, 0.6) is 40.2 Å². The number of phenols is 6. The maximum atomic E-state index is 14.6.